The van der Waals surface area contributed by atoms with Crippen molar-refractivity contribution in [2.45, 2.75) is 59.4 Å². The Kier molecular flexibility index (Phi) is 7.05. The molecule has 0 spiro atoms. The van der Waals surface area contributed by atoms with E-state index in [1.54, 1.807) is 18.2 Å². The van der Waals surface area contributed by atoms with Crippen LogP contribution in [0.2, 0.25) is 5.02 Å². The Morgan fingerprint density at radius 2 is 1.87 bits per heavy atom. The van der Waals surface area contributed by atoms with E-state index >= 15 is 0 Å². The zero-order chi connectivity index (χ0) is 22.8. The van der Waals surface area contributed by atoms with Gasteiger partial charge in [0.1, 0.15) is 17.2 Å². The van der Waals surface area contributed by atoms with Gasteiger partial charge in [0.15, 0.2) is 0 Å². The largest absolute Gasteiger partial charge is 0.337 e. The highest BCUT2D eigenvalue weighted by Crippen LogP contribution is 2.34. The number of hydrogen-bond donors (Lipinski definition) is 0. The Morgan fingerprint density at radius 1 is 1.13 bits per heavy atom. The number of hydrogen-bond acceptors (Lipinski definition) is 2. The third-order valence-electron chi connectivity index (χ3n) is 5.39. The van der Waals surface area contributed by atoms with Crippen molar-refractivity contribution in [3.05, 3.63) is 53.1 Å². The van der Waals surface area contributed by atoms with Gasteiger partial charge in [-0.1, -0.05) is 37.9 Å². The average molecular weight is 444 g/mol. The first-order valence-electron chi connectivity index (χ1n) is 10.9. The van der Waals surface area contributed by atoms with E-state index in [-0.39, 0.29) is 16.5 Å². The lowest BCUT2D eigenvalue weighted by Gasteiger charge is -2.23. The van der Waals surface area contributed by atoms with Crippen LogP contribution in [-0.4, -0.2) is 33.4 Å². The van der Waals surface area contributed by atoms with Crippen molar-refractivity contribution in [2.24, 2.45) is 0 Å². The minimum absolute atomic E-state index is 0.0436. The SMILES string of the molecule is CCCCN(CCC)C(=O)c1ccc2c(-c3ccc(Cl)c(F)c3)cn(C(C)(C)C)c2n1. The molecule has 0 atom stereocenters. The number of benzene rings is 1. The smallest absolute Gasteiger partial charge is 0.272 e. The second kappa shape index (κ2) is 9.39. The molecule has 1 aromatic carbocycles. The summed E-state index contributed by atoms with van der Waals surface area (Å²) in [4.78, 5) is 19.9. The summed E-state index contributed by atoms with van der Waals surface area (Å²) in [6.07, 6.45) is 4.89. The molecule has 0 aliphatic heterocycles. The van der Waals surface area contributed by atoms with E-state index in [9.17, 15) is 9.18 Å². The minimum Gasteiger partial charge on any atom is -0.337 e. The molecule has 1 amide bonds. The zero-order valence-electron chi connectivity index (χ0n) is 19.0. The number of carbonyl (C=O) groups excluding carboxylic acids is 1. The second-order valence-electron chi connectivity index (χ2n) is 8.93. The Labute approximate surface area is 189 Å². The summed E-state index contributed by atoms with van der Waals surface area (Å²) in [5, 5.41) is 0.973. The lowest BCUT2D eigenvalue weighted by atomic mass is 10.1. The highest BCUT2D eigenvalue weighted by atomic mass is 35.5. The van der Waals surface area contributed by atoms with Gasteiger partial charge in [-0.3, -0.25) is 4.79 Å². The van der Waals surface area contributed by atoms with Crippen LogP contribution >= 0.6 is 11.6 Å². The van der Waals surface area contributed by atoms with E-state index in [1.807, 2.05) is 17.2 Å². The van der Waals surface area contributed by atoms with Crippen molar-refractivity contribution in [3.8, 4) is 11.1 Å². The second-order valence-corrected chi connectivity index (χ2v) is 9.33. The third-order valence-corrected chi connectivity index (χ3v) is 5.69. The summed E-state index contributed by atoms with van der Waals surface area (Å²) in [5.41, 5.74) is 2.49. The maximum absolute atomic E-state index is 14.1. The molecule has 0 N–H and O–H groups in total. The molecular weight excluding hydrogens is 413 g/mol. The topological polar surface area (TPSA) is 38.1 Å². The van der Waals surface area contributed by atoms with Crippen LogP contribution in [0, 0.1) is 5.82 Å². The summed E-state index contributed by atoms with van der Waals surface area (Å²) < 4.78 is 16.2. The molecule has 0 saturated carbocycles. The number of rotatable bonds is 7. The van der Waals surface area contributed by atoms with Gasteiger partial charge >= 0.3 is 0 Å². The van der Waals surface area contributed by atoms with Crippen LogP contribution in [-0.2, 0) is 5.54 Å². The third kappa shape index (κ3) is 4.93. The maximum Gasteiger partial charge on any atom is 0.272 e. The van der Waals surface area contributed by atoms with Crippen molar-refractivity contribution < 1.29 is 9.18 Å². The predicted molar refractivity (Wildman–Crippen MR) is 126 cm³/mol. The van der Waals surface area contributed by atoms with Gasteiger partial charge in [0.2, 0.25) is 0 Å². The number of carbonyl (C=O) groups is 1. The normalized spacial score (nSPS) is 11.8. The number of amides is 1. The molecule has 3 aromatic rings. The fourth-order valence-electron chi connectivity index (χ4n) is 3.72. The molecule has 0 bridgehead atoms. The van der Waals surface area contributed by atoms with Gasteiger partial charge in [0.25, 0.3) is 5.91 Å². The predicted octanol–water partition coefficient (Wildman–Crippen LogP) is 6.90. The molecule has 166 valence electrons. The average Bonchev–Trinajstić information content (AvgIpc) is 3.12. The van der Waals surface area contributed by atoms with Crippen LogP contribution in [0.3, 0.4) is 0 Å². The van der Waals surface area contributed by atoms with Crippen LogP contribution in [0.4, 0.5) is 4.39 Å². The molecule has 0 aliphatic rings. The summed E-state index contributed by atoms with van der Waals surface area (Å²) in [6.45, 7) is 11.9. The molecule has 3 rings (SSSR count). The fourth-order valence-corrected chi connectivity index (χ4v) is 3.84. The molecule has 0 fully saturated rings. The maximum atomic E-state index is 14.1. The van der Waals surface area contributed by atoms with Crippen LogP contribution in [0.25, 0.3) is 22.2 Å². The van der Waals surface area contributed by atoms with Gasteiger partial charge in [-0.15, -0.1) is 0 Å². The van der Waals surface area contributed by atoms with Crippen molar-refractivity contribution in [1.29, 1.82) is 0 Å². The standard InChI is InChI=1S/C25H31ClFN3O/c1-6-8-14-29(13-7-2)24(31)22-12-10-18-19(17-9-11-20(26)21(27)15-17)16-30(23(18)28-22)25(3,4)5/h9-12,15-16H,6-8,13-14H2,1-5H3. The number of halogens is 2. The van der Waals surface area contributed by atoms with Crippen LogP contribution in [0.15, 0.2) is 36.5 Å². The molecule has 0 radical (unpaired) electrons. The Morgan fingerprint density at radius 3 is 2.48 bits per heavy atom. The Bertz CT molecular complexity index is 1080. The number of nitrogens with zero attached hydrogens (tertiary/aromatic N) is 3. The van der Waals surface area contributed by atoms with E-state index in [1.165, 1.54) is 6.07 Å². The molecule has 6 heteroatoms. The Balaban J connectivity index is 2.13. The van der Waals surface area contributed by atoms with E-state index in [2.05, 4.69) is 39.2 Å². The zero-order valence-corrected chi connectivity index (χ0v) is 19.8. The van der Waals surface area contributed by atoms with Crippen molar-refractivity contribution in [2.75, 3.05) is 13.1 Å². The van der Waals surface area contributed by atoms with Gasteiger partial charge in [0.05, 0.1) is 5.02 Å². The fraction of sp³-hybridized carbons (Fsp3) is 0.440. The first kappa shape index (κ1) is 23.3. The van der Waals surface area contributed by atoms with E-state index in [0.29, 0.717) is 12.2 Å². The van der Waals surface area contributed by atoms with Gasteiger partial charge in [-0.25, -0.2) is 9.37 Å². The summed E-state index contributed by atoms with van der Waals surface area (Å²) in [7, 11) is 0. The first-order valence-corrected chi connectivity index (χ1v) is 11.3. The number of aromatic nitrogens is 2. The molecule has 0 unspecified atom stereocenters. The highest BCUT2D eigenvalue weighted by molar-refractivity contribution is 6.30. The summed E-state index contributed by atoms with van der Waals surface area (Å²) in [6, 6.07) is 8.51. The van der Waals surface area contributed by atoms with E-state index < -0.39 is 5.82 Å². The van der Waals surface area contributed by atoms with Crippen molar-refractivity contribution in [3.63, 3.8) is 0 Å². The van der Waals surface area contributed by atoms with E-state index in [0.717, 1.165) is 48.0 Å². The summed E-state index contributed by atoms with van der Waals surface area (Å²) in [5.74, 6) is -0.500. The molecule has 2 aromatic heterocycles. The van der Waals surface area contributed by atoms with Gasteiger partial charge in [0, 0.05) is 35.8 Å². The molecule has 0 saturated heterocycles. The van der Waals surface area contributed by atoms with Gasteiger partial charge < -0.3 is 9.47 Å². The van der Waals surface area contributed by atoms with Gasteiger partial charge in [-0.2, -0.15) is 0 Å². The Hall–Kier alpha value is -2.40. The first-order chi connectivity index (χ1) is 14.7. The van der Waals surface area contributed by atoms with E-state index in [4.69, 9.17) is 16.6 Å². The summed E-state index contributed by atoms with van der Waals surface area (Å²) >= 11 is 5.88. The highest BCUT2D eigenvalue weighted by Gasteiger charge is 2.23. The number of unbranched alkanes of at least 4 members (excludes halogenated alkanes) is 1. The molecule has 4 nitrogen and oxygen atoms in total. The molecular formula is C25H31ClFN3O. The van der Waals surface area contributed by atoms with Crippen molar-refractivity contribution >= 4 is 28.5 Å². The molecule has 2 heterocycles. The monoisotopic (exact) mass is 443 g/mol. The van der Waals surface area contributed by atoms with Crippen LogP contribution in [0.1, 0.15) is 64.4 Å². The lowest BCUT2D eigenvalue weighted by Crippen LogP contribution is -2.33. The minimum atomic E-state index is -0.457. The van der Waals surface area contributed by atoms with Crippen molar-refractivity contribution in [1.82, 2.24) is 14.5 Å². The lowest BCUT2D eigenvalue weighted by molar-refractivity contribution is 0.0747. The van der Waals surface area contributed by atoms with Crippen LogP contribution in [0.5, 0.6) is 0 Å². The number of fused-ring (bicyclic) bond motifs is 1. The van der Waals surface area contributed by atoms with Gasteiger partial charge in [-0.05, 0) is 63.4 Å². The molecule has 0 aliphatic carbocycles. The number of pyridine rings is 1. The van der Waals surface area contributed by atoms with Crippen LogP contribution < -0.4 is 0 Å². The molecule has 31 heavy (non-hydrogen) atoms. The quantitative estimate of drug-likeness (QED) is 0.398.